The molecule has 1 saturated heterocycles. The molecular weight excluding hydrogens is 315 g/mol. The maximum absolute atomic E-state index is 14.3. The van der Waals surface area contributed by atoms with Gasteiger partial charge in [0.25, 0.3) is 5.56 Å². The molecule has 0 spiro atoms. The lowest BCUT2D eigenvalue weighted by molar-refractivity contribution is -0.0506. The Morgan fingerprint density at radius 3 is 2.78 bits per heavy atom. The highest BCUT2D eigenvalue weighted by molar-refractivity contribution is 9.10. The van der Waals surface area contributed by atoms with E-state index in [-0.39, 0.29) is 0 Å². The minimum absolute atomic E-state index is 0.604. The topological polar surface area (TPSA) is 105 Å². The average molecular weight is 325 g/mol. The Morgan fingerprint density at radius 2 is 2.28 bits per heavy atom. The molecule has 1 fully saturated rings. The molecule has 1 aromatic rings. The summed E-state index contributed by atoms with van der Waals surface area (Å²) in [6.07, 6.45) is -3.26. The van der Waals surface area contributed by atoms with Crippen LogP contribution in [0.2, 0.25) is 0 Å². The SMILES string of the molecule is O=c1ccn([C@@H]2O[C@H](CO)C(O)[C@]2(F)Br)c(=O)[nH]1. The first-order valence-electron chi connectivity index (χ1n) is 5.01. The van der Waals surface area contributed by atoms with Crippen molar-refractivity contribution in [2.75, 3.05) is 6.61 Å². The molecule has 4 atom stereocenters. The van der Waals surface area contributed by atoms with E-state index in [1.54, 1.807) is 0 Å². The van der Waals surface area contributed by atoms with E-state index in [9.17, 15) is 19.1 Å². The zero-order chi connectivity index (χ0) is 13.5. The van der Waals surface area contributed by atoms with Gasteiger partial charge in [0.05, 0.1) is 6.61 Å². The van der Waals surface area contributed by atoms with Crippen molar-refractivity contribution in [2.24, 2.45) is 0 Å². The van der Waals surface area contributed by atoms with Gasteiger partial charge in [-0.25, -0.2) is 9.18 Å². The molecule has 0 amide bonds. The predicted molar refractivity (Wildman–Crippen MR) is 61.1 cm³/mol. The fourth-order valence-corrected chi connectivity index (χ4v) is 2.35. The Hall–Kier alpha value is -1.03. The first-order valence-corrected chi connectivity index (χ1v) is 5.81. The number of aliphatic hydroxyl groups excluding tert-OH is 2. The highest BCUT2D eigenvalue weighted by Crippen LogP contribution is 2.45. The molecule has 0 aromatic carbocycles. The number of ether oxygens (including phenoxy) is 1. The number of nitrogens with zero attached hydrogens (tertiary/aromatic N) is 1. The molecule has 2 rings (SSSR count). The summed E-state index contributed by atoms with van der Waals surface area (Å²) in [5.74, 6) is 0. The smallest absolute Gasteiger partial charge is 0.330 e. The van der Waals surface area contributed by atoms with Crippen molar-refractivity contribution in [1.82, 2.24) is 9.55 Å². The van der Waals surface area contributed by atoms with E-state index in [0.717, 1.165) is 16.8 Å². The van der Waals surface area contributed by atoms with Gasteiger partial charge in [-0.15, -0.1) is 0 Å². The van der Waals surface area contributed by atoms with E-state index in [1.807, 2.05) is 4.98 Å². The second-order valence-electron chi connectivity index (χ2n) is 3.85. The van der Waals surface area contributed by atoms with Crippen molar-refractivity contribution in [1.29, 1.82) is 0 Å². The number of aromatic nitrogens is 2. The third-order valence-corrected chi connectivity index (χ3v) is 3.52. The molecule has 0 saturated carbocycles. The fraction of sp³-hybridized carbons (Fsp3) is 0.556. The molecular formula is C9H10BrFN2O5. The lowest BCUT2D eigenvalue weighted by Gasteiger charge is -2.22. The summed E-state index contributed by atoms with van der Waals surface area (Å²) in [6.45, 7) is -0.604. The molecule has 1 aromatic heterocycles. The normalized spacial score (nSPS) is 35.9. The Labute approximate surface area is 108 Å². The van der Waals surface area contributed by atoms with Gasteiger partial charge in [-0.1, -0.05) is 0 Å². The molecule has 3 N–H and O–H groups in total. The molecule has 1 aliphatic heterocycles. The summed E-state index contributed by atoms with van der Waals surface area (Å²) in [5.41, 5.74) is -1.51. The van der Waals surface area contributed by atoms with Crippen LogP contribution in [0.15, 0.2) is 21.9 Å². The van der Waals surface area contributed by atoms with Crippen LogP contribution in [0.5, 0.6) is 0 Å². The molecule has 1 aliphatic rings. The summed E-state index contributed by atoms with van der Waals surface area (Å²) in [5, 5.41) is 18.5. The van der Waals surface area contributed by atoms with Gasteiger partial charge in [-0.05, 0) is 15.9 Å². The van der Waals surface area contributed by atoms with E-state index >= 15 is 0 Å². The van der Waals surface area contributed by atoms with E-state index in [1.165, 1.54) is 0 Å². The summed E-state index contributed by atoms with van der Waals surface area (Å²) in [4.78, 5) is 24.4. The van der Waals surface area contributed by atoms with Gasteiger partial charge in [0.1, 0.15) is 12.2 Å². The summed E-state index contributed by atoms with van der Waals surface area (Å²) < 4.78 is 17.7. The third-order valence-electron chi connectivity index (χ3n) is 2.66. The quantitative estimate of drug-likeness (QED) is 0.596. The number of H-pyrrole nitrogens is 1. The van der Waals surface area contributed by atoms with E-state index in [0.29, 0.717) is 0 Å². The second-order valence-corrected chi connectivity index (χ2v) is 5.06. The highest BCUT2D eigenvalue weighted by Gasteiger charge is 2.56. The van der Waals surface area contributed by atoms with Crippen LogP contribution in [-0.2, 0) is 4.74 Å². The molecule has 100 valence electrons. The van der Waals surface area contributed by atoms with Crippen molar-refractivity contribution in [2.45, 2.75) is 23.0 Å². The van der Waals surface area contributed by atoms with Crippen molar-refractivity contribution < 1.29 is 19.3 Å². The maximum Gasteiger partial charge on any atom is 0.330 e. The minimum atomic E-state index is -2.44. The molecule has 9 heteroatoms. The van der Waals surface area contributed by atoms with Gasteiger partial charge in [0, 0.05) is 12.3 Å². The number of halogens is 2. The monoisotopic (exact) mass is 324 g/mol. The van der Waals surface area contributed by atoms with Crippen LogP contribution >= 0.6 is 15.9 Å². The molecule has 0 bridgehead atoms. The average Bonchev–Trinajstić information content (AvgIpc) is 2.52. The van der Waals surface area contributed by atoms with Crippen molar-refractivity contribution in [3.63, 3.8) is 0 Å². The van der Waals surface area contributed by atoms with Crippen LogP contribution < -0.4 is 11.2 Å². The van der Waals surface area contributed by atoms with Gasteiger partial charge in [-0.3, -0.25) is 14.3 Å². The molecule has 7 nitrogen and oxygen atoms in total. The molecule has 2 heterocycles. The van der Waals surface area contributed by atoms with Crippen molar-refractivity contribution >= 4 is 15.9 Å². The third kappa shape index (κ3) is 2.03. The summed E-state index contributed by atoms with van der Waals surface area (Å²) in [7, 11) is 0. The first-order chi connectivity index (χ1) is 8.37. The summed E-state index contributed by atoms with van der Waals surface area (Å²) >= 11 is 2.64. The molecule has 0 aliphatic carbocycles. The van der Waals surface area contributed by atoms with Crippen molar-refractivity contribution in [3.8, 4) is 0 Å². The van der Waals surface area contributed by atoms with Crippen LogP contribution in [0.4, 0.5) is 4.39 Å². The van der Waals surface area contributed by atoms with E-state index in [2.05, 4.69) is 15.9 Å². The standard InChI is InChI=1S/C9H10BrFN2O5/c10-9(11)6(16)4(3-14)18-7(9)13-2-1-5(15)12-8(13)17/h1-2,4,6-7,14,16H,3H2,(H,12,15,17)/t4-,6?,7-,9-/m1/s1. The maximum atomic E-state index is 14.3. The molecule has 0 radical (unpaired) electrons. The number of rotatable bonds is 2. The zero-order valence-corrected chi connectivity index (χ0v) is 10.5. The predicted octanol–water partition coefficient (Wildman–Crippen LogP) is -1.15. The van der Waals surface area contributed by atoms with Crippen molar-refractivity contribution in [3.05, 3.63) is 33.1 Å². The number of nitrogens with one attached hydrogen (secondary N) is 1. The van der Waals surface area contributed by atoms with Crippen LogP contribution in [0, 0.1) is 0 Å². The van der Waals surface area contributed by atoms with Gasteiger partial charge >= 0.3 is 5.69 Å². The minimum Gasteiger partial charge on any atom is -0.394 e. The van der Waals surface area contributed by atoms with Gasteiger partial charge in [0.2, 0.25) is 4.58 Å². The number of hydrogen-bond donors (Lipinski definition) is 3. The molecule has 18 heavy (non-hydrogen) atoms. The van der Waals surface area contributed by atoms with Gasteiger partial charge in [0.15, 0.2) is 6.23 Å². The lowest BCUT2D eigenvalue weighted by atomic mass is 10.1. The number of aliphatic hydroxyl groups is 2. The van der Waals surface area contributed by atoms with Gasteiger partial charge in [-0.2, -0.15) is 0 Å². The van der Waals surface area contributed by atoms with Crippen LogP contribution in [-0.4, -0.2) is 43.2 Å². The lowest BCUT2D eigenvalue weighted by Crippen LogP contribution is -2.41. The molecule has 1 unspecified atom stereocenters. The van der Waals surface area contributed by atoms with Gasteiger partial charge < -0.3 is 14.9 Å². The second kappa shape index (κ2) is 4.57. The first kappa shape index (κ1) is 13.4. The highest BCUT2D eigenvalue weighted by atomic mass is 79.9. The van der Waals surface area contributed by atoms with E-state index in [4.69, 9.17) is 9.84 Å². The Balaban J connectivity index is 2.45. The zero-order valence-electron chi connectivity index (χ0n) is 8.92. The Bertz CT molecular complexity index is 556. The number of aromatic amines is 1. The van der Waals surface area contributed by atoms with Crippen LogP contribution in [0.3, 0.4) is 0 Å². The van der Waals surface area contributed by atoms with E-state index < -0.39 is 40.9 Å². The number of alkyl halides is 2. The Morgan fingerprint density at radius 1 is 1.61 bits per heavy atom. The van der Waals surface area contributed by atoms with Crippen LogP contribution in [0.1, 0.15) is 6.23 Å². The fourth-order valence-electron chi connectivity index (χ4n) is 1.73. The summed E-state index contributed by atoms with van der Waals surface area (Å²) in [6, 6.07) is 1.02. The largest absolute Gasteiger partial charge is 0.394 e. The Kier molecular flexibility index (Phi) is 3.41. The van der Waals surface area contributed by atoms with Crippen LogP contribution in [0.25, 0.3) is 0 Å². The number of hydrogen-bond acceptors (Lipinski definition) is 5.